The van der Waals surface area contributed by atoms with Gasteiger partial charge in [-0.05, 0) is 44.0 Å². The van der Waals surface area contributed by atoms with Gasteiger partial charge in [0.1, 0.15) is 5.60 Å². The summed E-state index contributed by atoms with van der Waals surface area (Å²) >= 11 is 0. The minimum Gasteiger partial charge on any atom is -0.494 e. The number of ether oxygens (including phenoxy) is 2. The van der Waals surface area contributed by atoms with Crippen molar-refractivity contribution >= 4 is 21.8 Å². The first-order valence-corrected chi connectivity index (χ1v) is 12.6. The molecule has 2 bridgehead atoms. The lowest BCUT2D eigenvalue weighted by molar-refractivity contribution is -0.0877. The van der Waals surface area contributed by atoms with Crippen molar-refractivity contribution in [3.05, 3.63) is 83.6 Å². The van der Waals surface area contributed by atoms with E-state index in [4.69, 9.17) is 9.47 Å². The highest BCUT2D eigenvalue weighted by molar-refractivity contribution is 5.95. The Bertz CT molecular complexity index is 1810. The lowest BCUT2D eigenvalue weighted by atomic mass is 9.78. The van der Waals surface area contributed by atoms with Gasteiger partial charge in [-0.2, -0.15) is 5.26 Å². The van der Waals surface area contributed by atoms with Gasteiger partial charge in [0, 0.05) is 17.2 Å². The highest BCUT2D eigenvalue weighted by Crippen LogP contribution is 2.65. The Balaban J connectivity index is 1.27. The molecule has 8 nitrogen and oxygen atoms in total. The fourth-order valence-corrected chi connectivity index (χ4v) is 6.24. The molecule has 38 heavy (non-hydrogen) atoms. The Hall–Kier alpha value is -4.61. The van der Waals surface area contributed by atoms with E-state index >= 15 is 0 Å². The SMILES string of the molecule is C[C@]12CC[C@](CCOc3cnc4ccccc4n3)(O1)c1c2c(O)n(-c2ccc(C#N)c3ccccc23)c1O. The standard InChI is InChI=1S/C30H24N4O4/c1-29-12-13-30(38-29,14-15-37-24-17-32-21-8-4-5-9-22(21)33-24)26-25(29)27(35)34(28(26)36)23-11-10-18(16-31)19-6-2-3-7-20(19)23/h2-11,17,35-36H,12-15H2,1H3/t29-,30-/m1/s1. The largest absolute Gasteiger partial charge is 0.494 e. The van der Waals surface area contributed by atoms with Crippen LogP contribution in [-0.2, 0) is 15.9 Å². The molecule has 2 N–H and O–H groups in total. The first-order chi connectivity index (χ1) is 18.4. The molecule has 8 heteroatoms. The maximum atomic E-state index is 11.6. The van der Waals surface area contributed by atoms with E-state index in [9.17, 15) is 15.5 Å². The predicted molar refractivity (Wildman–Crippen MR) is 140 cm³/mol. The summed E-state index contributed by atoms with van der Waals surface area (Å²) in [6.45, 7) is 2.25. The van der Waals surface area contributed by atoms with Crippen LogP contribution in [0.25, 0.3) is 27.5 Å². The predicted octanol–water partition coefficient (Wildman–Crippen LogP) is 5.56. The van der Waals surface area contributed by atoms with Crippen molar-refractivity contribution in [3.63, 3.8) is 0 Å². The van der Waals surface area contributed by atoms with E-state index in [1.807, 2.05) is 55.5 Å². The minimum atomic E-state index is -0.802. The van der Waals surface area contributed by atoms with E-state index in [0.717, 1.165) is 21.8 Å². The summed E-state index contributed by atoms with van der Waals surface area (Å²) < 4.78 is 14.0. The van der Waals surface area contributed by atoms with Crippen molar-refractivity contribution in [2.24, 2.45) is 0 Å². The number of hydrogen-bond acceptors (Lipinski definition) is 7. The zero-order valence-corrected chi connectivity index (χ0v) is 20.7. The first-order valence-electron chi connectivity index (χ1n) is 12.6. The summed E-state index contributed by atoms with van der Waals surface area (Å²) in [6.07, 6.45) is 3.47. The zero-order valence-electron chi connectivity index (χ0n) is 20.7. The summed E-state index contributed by atoms with van der Waals surface area (Å²) in [4.78, 5) is 8.94. The van der Waals surface area contributed by atoms with Crippen LogP contribution in [0.5, 0.6) is 17.6 Å². The third-order valence-corrected chi connectivity index (χ3v) is 7.98. The monoisotopic (exact) mass is 504 g/mol. The van der Waals surface area contributed by atoms with Gasteiger partial charge in [0.25, 0.3) is 0 Å². The quantitative estimate of drug-likeness (QED) is 0.322. The molecule has 7 rings (SSSR count). The van der Waals surface area contributed by atoms with E-state index < -0.39 is 11.2 Å². The van der Waals surface area contributed by atoms with Gasteiger partial charge in [-0.3, -0.25) is 4.57 Å². The molecule has 188 valence electrons. The molecular formula is C30H24N4O4. The smallest absolute Gasteiger partial charge is 0.232 e. The van der Waals surface area contributed by atoms with Gasteiger partial charge in [-0.1, -0.05) is 36.4 Å². The Morgan fingerprint density at radius 3 is 2.53 bits per heavy atom. The number of para-hydroxylation sites is 2. The second-order valence-corrected chi connectivity index (χ2v) is 10.1. The van der Waals surface area contributed by atoms with Crippen LogP contribution in [0.3, 0.4) is 0 Å². The Kier molecular flexibility index (Phi) is 4.72. The highest BCUT2D eigenvalue weighted by Gasteiger charge is 2.61. The number of fused-ring (bicyclic) bond motifs is 7. The highest BCUT2D eigenvalue weighted by atomic mass is 16.5. The van der Waals surface area contributed by atoms with Crippen molar-refractivity contribution in [3.8, 4) is 29.4 Å². The first kappa shape index (κ1) is 22.6. The van der Waals surface area contributed by atoms with Crippen LogP contribution in [0, 0.1) is 11.3 Å². The van der Waals surface area contributed by atoms with Crippen LogP contribution in [0.1, 0.15) is 42.9 Å². The second-order valence-electron chi connectivity index (χ2n) is 10.1. The number of rotatable bonds is 5. The molecular weight excluding hydrogens is 480 g/mol. The van der Waals surface area contributed by atoms with Crippen LogP contribution in [0.2, 0.25) is 0 Å². The lowest BCUT2D eigenvalue weighted by Crippen LogP contribution is -2.25. The molecule has 0 spiro atoms. The normalized spacial score (nSPS) is 21.6. The summed E-state index contributed by atoms with van der Waals surface area (Å²) in [6, 6.07) is 20.8. The van der Waals surface area contributed by atoms with E-state index in [1.165, 1.54) is 4.57 Å². The third kappa shape index (κ3) is 3.06. The molecule has 0 aliphatic carbocycles. The molecule has 3 aromatic carbocycles. The number of aromatic nitrogens is 3. The van der Waals surface area contributed by atoms with Gasteiger partial charge < -0.3 is 19.7 Å². The second kappa shape index (κ2) is 7.94. The van der Waals surface area contributed by atoms with Crippen molar-refractivity contribution in [2.45, 2.75) is 37.4 Å². The van der Waals surface area contributed by atoms with Crippen molar-refractivity contribution in [1.82, 2.24) is 14.5 Å². The molecule has 1 saturated heterocycles. The Labute approximate surface area is 218 Å². The molecule has 2 aromatic heterocycles. The minimum absolute atomic E-state index is 0.0438. The molecule has 2 aliphatic rings. The topological polar surface area (TPSA) is 113 Å². The number of aromatic hydroxyl groups is 2. The van der Waals surface area contributed by atoms with Crippen LogP contribution in [-0.4, -0.2) is 31.4 Å². The zero-order chi connectivity index (χ0) is 26.1. The van der Waals surface area contributed by atoms with Crippen molar-refractivity contribution in [1.29, 1.82) is 5.26 Å². The number of hydrogen-bond donors (Lipinski definition) is 2. The number of nitrogens with zero attached hydrogens (tertiary/aromatic N) is 4. The molecule has 4 heterocycles. The molecule has 2 aliphatic heterocycles. The summed E-state index contributed by atoms with van der Waals surface area (Å²) in [5.41, 5.74) is 2.37. The molecule has 0 saturated carbocycles. The van der Waals surface area contributed by atoms with Crippen LogP contribution >= 0.6 is 0 Å². The van der Waals surface area contributed by atoms with Gasteiger partial charge in [-0.15, -0.1) is 0 Å². The van der Waals surface area contributed by atoms with E-state index in [0.29, 0.717) is 54.1 Å². The molecule has 5 aromatic rings. The summed E-state index contributed by atoms with van der Waals surface area (Å²) in [7, 11) is 0. The molecule has 1 fully saturated rings. The average molecular weight is 505 g/mol. The van der Waals surface area contributed by atoms with Crippen molar-refractivity contribution in [2.75, 3.05) is 6.61 Å². The molecule has 0 amide bonds. The van der Waals surface area contributed by atoms with Gasteiger partial charge in [-0.25, -0.2) is 9.97 Å². The van der Waals surface area contributed by atoms with Crippen LogP contribution in [0.15, 0.2) is 66.9 Å². The fraction of sp³-hybridized carbons (Fsp3) is 0.233. The maximum Gasteiger partial charge on any atom is 0.232 e. The van der Waals surface area contributed by atoms with Gasteiger partial charge in [0.2, 0.25) is 17.6 Å². The molecule has 0 radical (unpaired) electrons. The van der Waals surface area contributed by atoms with Crippen LogP contribution in [0.4, 0.5) is 0 Å². The number of nitriles is 1. The van der Waals surface area contributed by atoms with E-state index in [-0.39, 0.29) is 11.8 Å². The van der Waals surface area contributed by atoms with Gasteiger partial charge in [0.05, 0.1) is 57.9 Å². The Morgan fingerprint density at radius 2 is 1.71 bits per heavy atom. The average Bonchev–Trinajstić information content (AvgIpc) is 3.52. The Morgan fingerprint density at radius 1 is 0.974 bits per heavy atom. The van der Waals surface area contributed by atoms with E-state index in [1.54, 1.807) is 18.3 Å². The fourth-order valence-electron chi connectivity index (χ4n) is 6.24. The van der Waals surface area contributed by atoms with Crippen LogP contribution < -0.4 is 4.74 Å². The maximum absolute atomic E-state index is 11.6. The van der Waals surface area contributed by atoms with Gasteiger partial charge in [0.15, 0.2) is 0 Å². The summed E-state index contributed by atoms with van der Waals surface area (Å²) in [5, 5.41) is 34.2. The molecule has 2 atom stereocenters. The molecule has 0 unspecified atom stereocenters. The lowest BCUT2D eigenvalue weighted by Gasteiger charge is -2.26. The van der Waals surface area contributed by atoms with E-state index in [2.05, 4.69) is 16.0 Å². The number of benzene rings is 3. The van der Waals surface area contributed by atoms with Crippen molar-refractivity contribution < 1.29 is 19.7 Å². The summed E-state index contributed by atoms with van der Waals surface area (Å²) in [5.74, 6) is 0.326. The third-order valence-electron chi connectivity index (χ3n) is 7.98. The van der Waals surface area contributed by atoms with Gasteiger partial charge >= 0.3 is 0 Å².